The van der Waals surface area contributed by atoms with E-state index in [1.807, 2.05) is 25.4 Å². The summed E-state index contributed by atoms with van der Waals surface area (Å²) in [7, 11) is 1.87. The van der Waals surface area contributed by atoms with Crippen molar-refractivity contribution >= 4 is 34.6 Å². The highest BCUT2D eigenvalue weighted by molar-refractivity contribution is 14.1. The van der Waals surface area contributed by atoms with Crippen LogP contribution in [0.4, 0.5) is 0 Å². The lowest BCUT2D eigenvalue weighted by Crippen LogP contribution is -2.23. The van der Waals surface area contributed by atoms with Crippen molar-refractivity contribution < 1.29 is 9.21 Å². The van der Waals surface area contributed by atoms with E-state index >= 15 is 0 Å². The summed E-state index contributed by atoms with van der Waals surface area (Å²) in [6.07, 6.45) is 7.63. The number of nitrogens with zero attached hydrogens (tertiary/aromatic N) is 2. The van der Waals surface area contributed by atoms with E-state index in [2.05, 4.69) is 33.0 Å². The van der Waals surface area contributed by atoms with Crippen LogP contribution < -0.4 is 5.32 Å². The summed E-state index contributed by atoms with van der Waals surface area (Å²) in [5, 5.41) is 6.88. The Bertz CT molecular complexity index is 586. The van der Waals surface area contributed by atoms with Crippen LogP contribution in [0.15, 0.2) is 35.0 Å². The van der Waals surface area contributed by atoms with Crippen LogP contribution in [0.2, 0.25) is 0 Å². The van der Waals surface area contributed by atoms with E-state index in [9.17, 15) is 4.79 Å². The van der Waals surface area contributed by atoms with E-state index < -0.39 is 0 Å². The Morgan fingerprint density at radius 2 is 2.42 bits per heavy atom. The first kappa shape index (κ1) is 13.9. The molecule has 0 fully saturated rings. The highest BCUT2D eigenvalue weighted by Crippen LogP contribution is 2.11. The monoisotopic (exact) mass is 371 g/mol. The molecule has 0 bridgehead atoms. The average molecular weight is 371 g/mol. The molecule has 0 saturated carbocycles. The fourth-order valence-corrected chi connectivity index (χ4v) is 2.00. The van der Waals surface area contributed by atoms with E-state index in [1.165, 1.54) is 6.08 Å². The van der Waals surface area contributed by atoms with E-state index in [1.54, 1.807) is 17.0 Å². The molecule has 2 aromatic rings. The molecule has 0 spiro atoms. The first-order chi connectivity index (χ1) is 9.13. The predicted molar refractivity (Wildman–Crippen MR) is 80.4 cm³/mol. The van der Waals surface area contributed by atoms with Gasteiger partial charge >= 0.3 is 0 Å². The maximum absolute atomic E-state index is 11.6. The van der Waals surface area contributed by atoms with Gasteiger partial charge in [0.2, 0.25) is 5.91 Å². The second-order valence-electron chi connectivity index (χ2n) is 4.04. The lowest BCUT2D eigenvalue weighted by molar-refractivity contribution is -0.116. The van der Waals surface area contributed by atoms with Crippen LogP contribution in [0.1, 0.15) is 11.3 Å². The molecule has 0 aliphatic heterocycles. The minimum Gasteiger partial charge on any atom is -0.451 e. The second-order valence-corrected chi connectivity index (χ2v) is 5.10. The molecule has 2 aromatic heterocycles. The number of aryl methyl sites for hydroxylation is 1. The van der Waals surface area contributed by atoms with Gasteiger partial charge in [0, 0.05) is 25.9 Å². The SMILES string of the molecule is Cn1cc(CCNC(=O)/C=C/c2ccc(I)o2)cn1. The predicted octanol–water partition coefficient (Wildman–Crippen LogP) is 1.99. The Morgan fingerprint density at radius 3 is 3.05 bits per heavy atom. The molecular formula is C13H14IN3O2. The van der Waals surface area contributed by atoms with Gasteiger partial charge in [-0.05, 0) is 52.8 Å². The topological polar surface area (TPSA) is 60.1 Å². The Hall–Kier alpha value is -1.57. The molecule has 0 saturated heterocycles. The minimum absolute atomic E-state index is 0.129. The first-order valence-electron chi connectivity index (χ1n) is 5.82. The quantitative estimate of drug-likeness (QED) is 0.646. The van der Waals surface area contributed by atoms with Gasteiger partial charge in [0.05, 0.1) is 6.20 Å². The number of carbonyl (C=O) groups excluding carboxylic acids is 1. The molecule has 0 aromatic carbocycles. The molecule has 0 unspecified atom stereocenters. The van der Waals surface area contributed by atoms with E-state index in [-0.39, 0.29) is 5.91 Å². The first-order valence-corrected chi connectivity index (χ1v) is 6.90. The lowest BCUT2D eigenvalue weighted by Gasteiger charge is -1.99. The summed E-state index contributed by atoms with van der Waals surface area (Å²) < 4.78 is 7.87. The zero-order valence-corrected chi connectivity index (χ0v) is 12.6. The van der Waals surface area contributed by atoms with Crippen molar-refractivity contribution in [3.05, 3.63) is 45.7 Å². The summed E-state index contributed by atoms with van der Waals surface area (Å²) in [6, 6.07) is 3.67. The van der Waals surface area contributed by atoms with Crippen LogP contribution in [-0.4, -0.2) is 22.2 Å². The number of nitrogens with one attached hydrogen (secondary N) is 1. The molecule has 100 valence electrons. The number of amides is 1. The standard InChI is InChI=1S/C13H14IN3O2/c1-17-9-10(8-16-17)6-7-15-13(18)5-3-11-2-4-12(14)19-11/h2-5,8-9H,6-7H2,1H3,(H,15,18)/b5-3+. The van der Waals surface area contributed by atoms with Crippen LogP contribution in [0.25, 0.3) is 6.08 Å². The van der Waals surface area contributed by atoms with Crippen molar-refractivity contribution in [2.24, 2.45) is 7.05 Å². The van der Waals surface area contributed by atoms with Crippen molar-refractivity contribution in [3.63, 3.8) is 0 Å². The molecule has 6 heteroatoms. The maximum atomic E-state index is 11.6. The molecular weight excluding hydrogens is 357 g/mol. The summed E-state index contributed by atoms with van der Waals surface area (Å²) in [5.74, 6) is 0.544. The van der Waals surface area contributed by atoms with Gasteiger partial charge in [-0.25, -0.2) is 0 Å². The van der Waals surface area contributed by atoms with Gasteiger partial charge in [0.1, 0.15) is 5.76 Å². The van der Waals surface area contributed by atoms with Gasteiger partial charge in [-0.15, -0.1) is 0 Å². The number of carbonyl (C=O) groups is 1. The molecule has 0 aliphatic rings. The number of furan rings is 1. The molecule has 2 heterocycles. The van der Waals surface area contributed by atoms with Crippen LogP contribution in [0, 0.1) is 3.77 Å². The third kappa shape index (κ3) is 4.55. The molecule has 2 rings (SSSR count). The Labute approximate surface area is 124 Å². The Kier molecular flexibility index (Phi) is 4.78. The van der Waals surface area contributed by atoms with Crippen LogP contribution in [0.5, 0.6) is 0 Å². The van der Waals surface area contributed by atoms with Crippen LogP contribution in [-0.2, 0) is 18.3 Å². The van der Waals surface area contributed by atoms with Gasteiger partial charge in [0.25, 0.3) is 0 Å². The van der Waals surface area contributed by atoms with Crippen LogP contribution >= 0.6 is 22.6 Å². The van der Waals surface area contributed by atoms with Crippen LogP contribution in [0.3, 0.4) is 0 Å². The Balaban J connectivity index is 1.74. The summed E-state index contributed by atoms with van der Waals surface area (Å²) in [6.45, 7) is 0.588. The lowest BCUT2D eigenvalue weighted by atomic mass is 10.2. The number of rotatable bonds is 5. The van der Waals surface area contributed by atoms with Gasteiger partial charge in [-0.3, -0.25) is 9.48 Å². The zero-order valence-electron chi connectivity index (χ0n) is 10.5. The third-order valence-electron chi connectivity index (χ3n) is 2.46. The van der Waals surface area contributed by atoms with Crippen molar-refractivity contribution in [2.75, 3.05) is 6.54 Å². The van der Waals surface area contributed by atoms with Gasteiger partial charge in [-0.1, -0.05) is 0 Å². The van der Waals surface area contributed by atoms with E-state index in [0.717, 1.165) is 15.8 Å². The maximum Gasteiger partial charge on any atom is 0.244 e. The summed E-state index contributed by atoms with van der Waals surface area (Å²) >= 11 is 2.08. The van der Waals surface area contributed by atoms with Gasteiger partial charge in [-0.2, -0.15) is 5.10 Å². The molecule has 1 amide bonds. The number of hydrogen-bond donors (Lipinski definition) is 1. The smallest absolute Gasteiger partial charge is 0.244 e. The van der Waals surface area contributed by atoms with E-state index in [0.29, 0.717) is 12.3 Å². The molecule has 5 nitrogen and oxygen atoms in total. The molecule has 1 N–H and O–H groups in total. The summed E-state index contributed by atoms with van der Waals surface area (Å²) in [4.78, 5) is 11.6. The van der Waals surface area contributed by atoms with Crippen molar-refractivity contribution in [1.82, 2.24) is 15.1 Å². The highest BCUT2D eigenvalue weighted by Gasteiger charge is 1.99. The molecule has 0 atom stereocenters. The fraction of sp³-hybridized carbons (Fsp3) is 0.231. The summed E-state index contributed by atoms with van der Waals surface area (Å²) in [5.41, 5.74) is 1.10. The van der Waals surface area contributed by atoms with Gasteiger partial charge < -0.3 is 9.73 Å². The molecule has 0 aliphatic carbocycles. The van der Waals surface area contributed by atoms with Crippen molar-refractivity contribution in [3.8, 4) is 0 Å². The second kappa shape index (κ2) is 6.55. The number of hydrogen-bond acceptors (Lipinski definition) is 3. The third-order valence-corrected chi connectivity index (χ3v) is 3.04. The van der Waals surface area contributed by atoms with Gasteiger partial charge in [0.15, 0.2) is 3.77 Å². The average Bonchev–Trinajstić information content (AvgIpc) is 2.96. The fourth-order valence-electron chi connectivity index (χ4n) is 1.57. The number of aromatic nitrogens is 2. The Morgan fingerprint density at radius 1 is 1.58 bits per heavy atom. The normalized spacial score (nSPS) is 11.1. The van der Waals surface area contributed by atoms with Crippen molar-refractivity contribution in [2.45, 2.75) is 6.42 Å². The minimum atomic E-state index is -0.129. The number of halogens is 1. The van der Waals surface area contributed by atoms with E-state index in [4.69, 9.17) is 4.42 Å². The highest BCUT2D eigenvalue weighted by atomic mass is 127. The largest absolute Gasteiger partial charge is 0.451 e. The molecule has 19 heavy (non-hydrogen) atoms. The van der Waals surface area contributed by atoms with Crippen molar-refractivity contribution in [1.29, 1.82) is 0 Å². The zero-order chi connectivity index (χ0) is 13.7. The molecule has 0 radical (unpaired) electrons.